The van der Waals surface area contributed by atoms with Gasteiger partial charge in [-0.15, -0.1) is 0 Å². The van der Waals surface area contributed by atoms with Crippen LogP contribution >= 0.6 is 0 Å². The van der Waals surface area contributed by atoms with Crippen LogP contribution in [0.1, 0.15) is 60.8 Å². The zero-order valence-corrected chi connectivity index (χ0v) is 21.0. The number of hydrogen-bond donors (Lipinski definition) is 2. The summed E-state index contributed by atoms with van der Waals surface area (Å²) in [4.78, 5) is 39.2. The Balaban J connectivity index is 2.31. The fraction of sp³-hybridized carbons (Fsp3) is 0.773. The average Bonchev–Trinajstić information content (AvgIpc) is 2.90. The molecule has 0 aromatic rings. The second kappa shape index (κ2) is 8.94. The van der Waals surface area contributed by atoms with Crippen molar-refractivity contribution in [2.75, 3.05) is 0 Å². The van der Waals surface area contributed by atoms with Crippen LogP contribution in [0.15, 0.2) is 12.2 Å². The highest BCUT2D eigenvalue weighted by Gasteiger charge is 2.52. The van der Waals surface area contributed by atoms with Gasteiger partial charge in [-0.05, 0) is 51.7 Å². The quantitative estimate of drug-likeness (QED) is 0.496. The number of nitrogens with one attached hydrogen (secondary N) is 1. The van der Waals surface area contributed by atoms with E-state index in [1.54, 1.807) is 20.8 Å². The molecule has 0 spiro atoms. The van der Waals surface area contributed by atoms with Crippen LogP contribution < -0.4 is 5.32 Å². The number of carbonyl (C=O) groups excluding carboxylic acids is 2. The average molecular weight is 455 g/mol. The first-order valence-electron chi connectivity index (χ1n) is 10.9. The summed E-state index contributed by atoms with van der Waals surface area (Å²) >= 11 is 0. The minimum absolute atomic E-state index is 0.0403. The number of carboxylic acids is 1. The van der Waals surface area contributed by atoms with Crippen molar-refractivity contribution in [1.29, 1.82) is 0 Å². The number of amides is 2. The van der Waals surface area contributed by atoms with Gasteiger partial charge in [0.1, 0.15) is 17.7 Å². The molecule has 0 aromatic carbocycles. The van der Waals surface area contributed by atoms with Crippen LogP contribution in [0, 0.1) is 0 Å². The molecule has 8 nitrogen and oxygen atoms in total. The van der Waals surface area contributed by atoms with Gasteiger partial charge >= 0.3 is 12.1 Å². The van der Waals surface area contributed by atoms with Gasteiger partial charge in [-0.25, -0.2) is 9.59 Å². The van der Waals surface area contributed by atoms with Gasteiger partial charge in [0.25, 0.3) is 0 Å². The van der Waals surface area contributed by atoms with Gasteiger partial charge in [-0.3, -0.25) is 4.79 Å². The molecule has 1 fully saturated rings. The molecule has 176 valence electrons. The highest BCUT2D eigenvalue weighted by atomic mass is 28.4. The van der Waals surface area contributed by atoms with E-state index in [4.69, 9.17) is 9.16 Å². The summed E-state index contributed by atoms with van der Waals surface area (Å²) in [5.74, 6) is -1.46. The molecule has 2 aliphatic heterocycles. The maximum Gasteiger partial charge on any atom is 0.408 e. The Morgan fingerprint density at radius 1 is 1.13 bits per heavy atom. The summed E-state index contributed by atoms with van der Waals surface area (Å²) < 4.78 is 11.9. The summed E-state index contributed by atoms with van der Waals surface area (Å²) in [5, 5.41) is 12.4. The van der Waals surface area contributed by atoms with Crippen LogP contribution in [0.5, 0.6) is 0 Å². The van der Waals surface area contributed by atoms with Crippen molar-refractivity contribution in [3.8, 4) is 0 Å². The van der Waals surface area contributed by atoms with Crippen molar-refractivity contribution >= 4 is 26.3 Å². The number of fused-ring (bicyclic) bond motifs is 1. The zero-order valence-electron chi connectivity index (χ0n) is 20.0. The summed E-state index contributed by atoms with van der Waals surface area (Å²) in [6.45, 7) is 15.9. The predicted molar refractivity (Wildman–Crippen MR) is 120 cm³/mol. The number of carbonyl (C=O) groups is 3. The van der Waals surface area contributed by atoms with E-state index in [1.807, 2.05) is 12.2 Å². The Hall–Kier alpha value is -1.87. The highest BCUT2D eigenvalue weighted by Crippen LogP contribution is 2.41. The highest BCUT2D eigenvalue weighted by molar-refractivity contribution is 6.74. The van der Waals surface area contributed by atoms with Crippen LogP contribution in [-0.2, 0) is 18.8 Å². The molecule has 0 aliphatic carbocycles. The smallest absolute Gasteiger partial charge is 0.408 e. The van der Waals surface area contributed by atoms with Crippen molar-refractivity contribution in [1.82, 2.24) is 10.2 Å². The molecular formula is C22H38N2O6Si. The summed E-state index contributed by atoms with van der Waals surface area (Å²) in [6, 6.07) is -2.26. The van der Waals surface area contributed by atoms with Crippen LogP contribution in [0.3, 0.4) is 0 Å². The minimum Gasteiger partial charge on any atom is -0.480 e. The lowest BCUT2D eigenvalue weighted by Gasteiger charge is -2.40. The maximum atomic E-state index is 13.4. The van der Waals surface area contributed by atoms with Crippen molar-refractivity contribution < 1.29 is 28.7 Å². The second-order valence-electron chi connectivity index (χ2n) is 11.0. The van der Waals surface area contributed by atoms with Gasteiger partial charge in [0.15, 0.2) is 8.32 Å². The first-order valence-corrected chi connectivity index (χ1v) is 13.8. The minimum atomic E-state index is -2.18. The molecule has 2 aliphatic rings. The molecule has 1 saturated heterocycles. The molecule has 0 unspecified atom stereocenters. The third-order valence-electron chi connectivity index (χ3n) is 6.27. The monoisotopic (exact) mass is 454 g/mol. The van der Waals surface area contributed by atoms with Gasteiger partial charge in [0, 0.05) is 6.42 Å². The SMILES string of the molecule is CC(C)(C)OC(=O)N[C@H]1CC=CC[C@H]2[C@H](O[Si](C)(C)C(C)(C)C)C[C@@H](C(=O)O)N2C1=O. The third-order valence-corrected chi connectivity index (χ3v) is 10.8. The molecule has 9 heteroatoms. The standard InChI is InChI=1S/C22H38N2O6Si/c1-21(2,3)29-20(28)23-14-11-9-10-12-15-17(30-31(7,8)22(4,5)6)13-16(19(26)27)24(15)18(14)25/h9-10,14-17H,11-13H2,1-8H3,(H,23,28)(H,26,27)/t14-,15-,16-,17+/m0/s1. The second-order valence-corrected chi connectivity index (χ2v) is 15.7. The lowest BCUT2D eigenvalue weighted by atomic mass is 10.0. The van der Waals surface area contributed by atoms with E-state index < -0.39 is 44.0 Å². The Labute approximate surface area is 186 Å². The van der Waals surface area contributed by atoms with Crippen LogP contribution in [0.4, 0.5) is 4.79 Å². The molecular weight excluding hydrogens is 416 g/mol. The van der Waals surface area contributed by atoms with Gasteiger partial charge in [-0.2, -0.15) is 0 Å². The third kappa shape index (κ3) is 6.09. The van der Waals surface area contributed by atoms with E-state index in [1.165, 1.54) is 4.90 Å². The topological polar surface area (TPSA) is 105 Å². The first kappa shape index (κ1) is 25.4. The Bertz CT molecular complexity index is 737. The molecule has 2 amide bonds. The molecule has 0 saturated carbocycles. The Morgan fingerprint density at radius 2 is 1.71 bits per heavy atom. The number of nitrogens with zero attached hydrogens (tertiary/aromatic N) is 1. The number of aliphatic carboxylic acids is 1. The van der Waals surface area contributed by atoms with Crippen LogP contribution in [0.2, 0.25) is 18.1 Å². The van der Waals surface area contributed by atoms with E-state index in [2.05, 4.69) is 39.2 Å². The van der Waals surface area contributed by atoms with Crippen molar-refractivity contribution in [3.05, 3.63) is 12.2 Å². The molecule has 2 rings (SSSR count). The first-order chi connectivity index (χ1) is 14.0. The summed E-state index contributed by atoms with van der Waals surface area (Å²) in [7, 11) is -2.18. The summed E-state index contributed by atoms with van der Waals surface area (Å²) in [6.07, 6.45) is 3.78. The van der Waals surface area contributed by atoms with E-state index in [0.717, 1.165) is 0 Å². The maximum absolute atomic E-state index is 13.4. The molecule has 0 bridgehead atoms. The largest absolute Gasteiger partial charge is 0.480 e. The predicted octanol–water partition coefficient (Wildman–Crippen LogP) is 3.67. The summed E-state index contributed by atoms with van der Waals surface area (Å²) in [5.41, 5.74) is -0.702. The van der Waals surface area contributed by atoms with Gasteiger partial charge in [0.2, 0.25) is 5.91 Å². The van der Waals surface area contributed by atoms with Gasteiger partial charge in [-0.1, -0.05) is 32.9 Å². The Morgan fingerprint density at radius 3 is 2.23 bits per heavy atom. The molecule has 31 heavy (non-hydrogen) atoms. The molecule has 2 heterocycles. The van der Waals surface area contributed by atoms with Crippen LogP contribution in [0.25, 0.3) is 0 Å². The lowest BCUT2D eigenvalue weighted by Crippen LogP contribution is -2.56. The van der Waals surface area contributed by atoms with E-state index in [0.29, 0.717) is 6.42 Å². The number of rotatable bonds is 4. The lowest BCUT2D eigenvalue weighted by molar-refractivity contribution is -0.150. The van der Waals surface area contributed by atoms with Crippen LogP contribution in [-0.4, -0.2) is 66.1 Å². The molecule has 2 N–H and O–H groups in total. The van der Waals surface area contributed by atoms with Gasteiger partial charge in [0.05, 0.1) is 12.1 Å². The van der Waals surface area contributed by atoms with E-state index in [-0.39, 0.29) is 30.0 Å². The normalized spacial score (nSPS) is 27.4. The fourth-order valence-corrected chi connectivity index (χ4v) is 5.07. The number of ether oxygens (including phenoxy) is 1. The van der Waals surface area contributed by atoms with Crippen molar-refractivity contribution in [3.63, 3.8) is 0 Å². The number of carboxylic acid groups (broad SMARTS) is 1. The number of hydrogen-bond acceptors (Lipinski definition) is 5. The molecule has 0 aromatic heterocycles. The van der Waals surface area contributed by atoms with Crippen molar-refractivity contribution in [2.24, 2.45) is 0 Å². The Kier molecular flexibility index (Phi) is 7.32. The van der Waals surface area contributed by atoms with E-state index >= 15 is 0 Å². The zero-order chi connectivity index (χ0) is 23.8. The fourth-order valence-electron chi connectivity index (χ4n) is 3.70. The van der Waals surface area contributed by atoms with Gasteiger partial charge < -0.3 is 24.5 Å². The molecule has 0 radical (unpaired) electrons. The number of alkyl carbamates (subject to hydrolysis) is 1. The van der Waals surface area contributed by atoms with E-state index in [9.17, 15) is 19.5 Å². The van der Waals surface area contributed by atoms with Crippen molar-refractivity contribution in [2.45, 2.75) is 109 Å². The molecule has 4 atom stereocenters.